The van der Waals surface area contributed by atoms with Gasteiger partial charge >= 0.3 is 6.09 Å². The molecule has 0 aliphatic carbocycles. The molecule has 174 valence electrons. The molecule has 2 aromatic rings. The summed E-state index contributed by atoms with van der Waals surface area (Å²) in [5.41, 5.74) is 2.98. The Morgan fingerprint density at radius 1 is 1.12 bits per heavy atom. The lowest BCUT2D eigenvalue weighted by Gasteiger charge is -2.35. The Hall–Kier alpha value is -3.62. The summed E-state index contributed by atoms with van der Waals surface area (Å²) >= 11 is 0. The summed E-state index contributed by atoms with van der Waals surface area (Å²) in [5, 5.41) is 9.36. The smallest absolute Gasteiger partial charge is 0.414 e. The first-order valence-corrected chi connectivity index (χ1v) is 11.0. The van der Waals surface area contributed by atoms with Crippen LogP contribution in [0, 0.1) is 5.82 Å². The van der Waals surface area contributed by atoms with Crippen LogP contribution in [0.25, 0.3) is 0 Å². The summed E-state index contributed by atoms with van der Waals surface area (Å²) in [6.07, 6.45) is -1.00. The zero-order chi connectivity index (χ0) is 23.4. The quantitative estimate of drug-likeness (QED) is 0.681. The lowest BCUT2D eigenvalue weighted by Crippen LogP contribution is -2.44. The van der Waals surface area contributed by atoms with E-state index in [1.807, 2.05) is 47.2 Å². The van der Waals surface area contributed by atoms with Crippen LogP contribution in [0.5, 0.6) is 0 Å². The van der Waals surface area contributed by atoms with Crippen LogP contribution in [0.4, 0.5) is 20.6 Å². The predicted octanol–water partition coefficient (Wildman–Crippen LogP) is 2.83. The third kappa shape index (κ3) is 5.42. The molecule has 2 amide bonds. The molecule has 2 heterocycles. The molecule has 4 rings (SSSR count). The van der Waals surface area contributed by atoms with Crippen LogP contribution in [0.2, 0.25) is 0 Å². The molecule has 8 nitrogen and oxygen atoms in total. The van der Waals surface area contributed by atoms with Crippen molar-refractivity contribution in [3.05, 3.63) is 59.9 Å². The maximum atomic E-state index is 15.0. The van der Waals surface area contributed by atoms with Gasteiger partial charge in [0.15, 0.2) is 0 Å². The number of hydrogen-bond acceptors (Lipinski definition) is 6. The molecule has 0 aromatic heterocycles. The Kier molecular flexibility index (Phi) is 6.76. The highest BCUT2D eigenvalue weighted by Gasteiger charge is 2.33. The summed E-state index contributed by atoms with van der Waals surface area (Å²) in [7, 11) is 0. The highest BCUT2D eigenvalue weighted by Crippen LogP contribution is 2.28. The molecule has 0 bridgehead atoms. The predicted molar refractivity (Wildman–Crippen MR) is 125 cm³/mol. The number of carbonyl (C=O) groups excluding carboxylic acids is 2. The molecule has 9 heteroatoms. The van der Waals surface area contributed by atoms with Gasteiger partial charge in [0.05, 0.1) is 43.3 Å². The van der Waals surface area contributed by atoms with E-state index in [0.717, 1.165) is 11.3 Å². The van der Waals surface area contributed by atoms with Crippen molar-refractivity contribution in [2.75, 3.05) is 49.1 Å². The molecule has 2 aromatic carbocycles. The van der Waals surface area contributed by atoms with E-state index >= 15 is 0 Å². The van der Waals surface area contributed by atoms with Gasteiger partial charge in [0, 0.05) is 20.0 Å². The van der Waals surface area contributed by atoms with Crippen LogP contribution in [-0.2, 0) is 9.53 Å². The second-order valence-electron chi connectivity index (χ2n) is 8.18. The van der Waals surface area contributed by atoms with Gasteiger partial charge in [-0.15, -0.1) is 0 Å². The largest absolute Gasteiger partial charge is 0.442 e. The van der Waals surface area contributed by atoms with E-state index in [4.69, 9.17) is 9.84 Å². The number of carbonyl (C=O) groups is 2. The van der Waals surface area contributed by atoms with Crippen LogP contribution in [0.1, 0.15) is 19.4 Å². The van der Waals surface area contributed by atoms with E-state index in [1.165, 1.54) is 17.9 Å². The molecule has 2 fully saturated rings. The van der Waals surface area contributed by atoms with Crippen molar-refractivity contribution in [2.24, 2.45) is 5.10 Å². The number of amides is 2. The summed E-state index contributed by atoms with van der Waals surface area (Å²) in [5.74, 6) is -0.580. The molecule has 1 N–H and O–H groups in total. The molecule has 0 saturated carbocycles. The van der Waals surface area contributed by atoms with Crippen LogP contribution in [-0.4, -0.2) is 68.1 Å². The molecular formula is C24H28FN5O3. The fourth-order valence-electron chi connectivity index (χ4n) is 4.00. The first kappa shape index (κ1) is 22.6. The van der Waals surface area contributed by atoms with Gasteiger partial charge in [-0.1, -0.05) is 30.3 Å². The van der Waals surface area contributed by atoms with Crippen molar-refractivity contribution in [3.63, 3.8) is 0 Å². The monoisotopic (exact) mass is 453 g/mol. The first-order valence-electron chi connectivity index (χ1n) is 11.0. The van der Waals surface area contributed by atoms with E-state index in [0.29, 0.717) is 37.6 Å². The lowest BCUT2D eigenvalue weighted by atomic mass is 10.1. The van der Waals surface area contributed by atoms with E-state index in [2.05, 4.69) is 5.32 Å². The zero-order valence-corrected chi connectivity index (χ0v) is 18.8. The topological polar surface area (TPSA) is 77.5 Å². The molecule has 1 atom stereocenters. The van der Waals surface area contributed by atoms with Crippen molar-refractivity contribution in [1.29, 1.82) is 0 Å². The van der Waals surface area contributed by atoms with E-state index in [1.54, 1.807) is 12.1 Å². The van der Waals surface area contributed by atoms with Crippen molar-refractivity contribution < 1.29 is 18.7 Å². The third-order valence-corrected chi connectivity index (χ3v) is 5.78. The van der Waals surface area contributed by atoms with Gasteiger partial charge in [0.2, 0.25) is 5.91 Å². The minimum absolute atomic E-state index is 0.194. The summed E-state index contributed by atoms with van der Waals surface area (Å²) in [4.78, 5) is 26.6. The van der Waals surface area contributed by atoms with Gasteiger partial charge in [0.1, 0.15) is 11.9 Å². The number of hydrogen-bond donors (Lipinski definition) is 1. The van der Waals surface area contributed by atoms with Gasteiger partial charge in [-0.05, 0) is 30.7 Å². The second kappa shape index (κ2) is 9.89. The molecule has 2 aliphatic heterocycles. The van der Waals surface area contributed by atoms with Crippen molar-refractivity contribution in [2.45, 2.75) is 20.0 Å². The molecule has 0 spiro atoms. The summed E-state index contributed by atoms with van der Waals surface area (Å²) < 4.78 is 20.2. The number of cyclic esters (lactones) is 1. The number of rotatable bonds is 6. The van der Waals surface area contributed by atoms with Crippen LogP contribution in [0.3, 0.4) is 0 Å². The first-order chi connectivity index (χ1) is 15.9. The average molecular weight is 454 g/mol. The van der Waals surface area contributed by atoms with Crippen LogP contribution in [0.15, 0.2) is 53.6 Å². The van der Waals surface area contributed by atoms with Gasteiger partial charge in [-0.3, -0.25) is 14.7 Å². The van der Waals surface area contributed by atoms with E-state index in [-0.39, 0.29) is 24.8 Å². The Bertz CT molecular complexity index is 1040. The van der Waals surface area contributed by atoms with Gasteiger partial charge in [0.25, 0.3) is 0 Å². The lowest BCUT2D eigenvalue weighted by molar-refractivity contribution is -0.119. The third-order valence-electron chi connectivity index (χ3n) is 5.78. The molecule has 0 radical (unpaired) electrons. The number of piperazine rings is 1. The van der Waals surface area contributed by atoms with Gasteiger partial charge in [-0.2, -0.15) is 5.10 Å². The highest BCUT2D eigenvalue weighted by molar-refractivity contribution is 5.98. The number of hydrazone groups is 1. The minimum Gasteiger partial charge on any atom is -0.442 e. The number of nitrogens with one attached hydrogen (secondary N) is 1. The summed E-state index contributed by atoms with van der Waals surface area (Å²) in [6, 6.07) is 14.8. The van der Waals surface area contributed by atoms with Crippen molar-refractivity contribution in [3.8, 4) is 0 Å². The fourth-order valence-corrected chi connectivity index (χ4v) is 4.00. The molecule has 2 saturated heterocycles. The average Bonchev–Trinajstić information content (AvgIpc) is 3.19. The number of ether oxygens (including phenoxy) is 1. The SMILES string of the molecule is CC(=O)NC[C@H]1CN(c2ccc(N3CCN(N=C(C)c4ccccc4)CC3)c(F)c2)C(=O)O1. The Morgan fingerprint density at radius 2 is 1.85 bits per heavy atom. The maximum Gasteiger partial charge on any atom is 0.414 e. The standard InChI is InChI=1S/C24H28FN5O3/c1-17(19-6-4-3-5-7-19)27-29-12-10-28(11-13-29)23-9-8-20(14-22(23)25)30-16-21(33-24(30)32)15-26-18(2)31/h3-9,14,21H,10-13,15-16H2,1-2H3,(H,26,31)/t21-/m0/s1. The van der Waals surface area contributed by atoms with Crippen molar-refractivity contribution >= 4 is 29.1 Å². The van der Waals surface area contributed by atoms with Crippen molar-refractivity contribution in [1.82, 2.24) is 10.3 Å². The molecule has 33 heavy (non-hydrogen) atoms. The maximum absolute atomic E-state index is 15.0. The van der Waals surface area contributed by atoms with Gasteiger partial charge < -0.3 is 15.0 Å². The highest BCUT2D eigenvalue weighted by atomic mass is 19.1. The van der Waals surface area contributed by atoms with E-state index in [9.17, 15) is 14.0 Å². The summed E-state index contributed by atoms with van der Waals surface area (Å²) in [6.45, 7) is 6.55. The van der Waals surface area contributed by atoms with Crippen LogP contribution >= 0.6 is 0 Å². The fraction of sp³-hybridized carbons (Fsp3) is 0.375. The second-order valence-corrected chi connectivity index (χ2v) is 8.18. The number of halogens is 1. The Labute approximate surface area is 192 Å². The molecule has 2 aliphatic rings. The van der Waals surface area contributed by atoms with Crippen LogP contribution < -0.4 is 15.1 Å². The Balaban J connectivity index is 1.36. The molecular weight excluding hydrogens is 425 g/mol. The normalized spacial score (nSPS) is 19.0. The van der Waals surface area contributed by atoms with E-state index < -0.39 is 12.2 Å². The number of anilines is 2. The minimum atomic E-state index is -0.544. The molecule has 0 unspecified atom stereocenters. The number of nitrogens with zero attached hydrogens (tertiary/aromatic N) is 4. The van der Waals surface area contributed by atoms with Gasteiger partial charge in [-0.25, -0.2) is 9.18 Å². The zero-order valence-electron chi connectivity index (χ0n) is 18.8. The Morgan fingerprint density at radius 3 is 2.52 bits per heavy atom. The number of benzene rings is 2.